The highest BCUT2D eigenvalue weighted by molar-refractivity contribution is 7.18. The molecule has 0 bridgehead atoms. The molecule has 2 heterocycles. The molecule has 0 aromatic carbocycles. The summed E-state index contributed by atoms with van der Waals surface area (Å²) in [5.41, 5.74) is 2.09. The topological polar surface area (TPSA) is 42.9 Å². The van der Waals surface area contributed by atoms with Gasteiger partial charge in [-0.3, -0.25) is 4.79 Å². The summed E-state index contributed by atoms with van der Waals surface area (Å²) in [6, 6.07) is 0. The van der Waals surface area contributed by atoms with Crippen molar-refractivity contribution < 1.29 is 4.79 Å². The van der Waals surface area contributed by atoms with E-state index < -0.39 is 0 Å². The van der Waals surface area contributed by atoms with Crippen LogP contribution in [0.25, 0.3) is 10.2 Å². The van der Waals surface area contributed by atoms with E-state index in [1.165, 1.54) is 10.4 Å². The van der Waals surface area contributed by atoms with Crippen LogP contribution in [0.1, 0.15) is 36.4 Å². The van der Waals surface area contributed by atoms with Crippen LogP contribution in [0.15, 0.2) is 6.33 Å². The summed E-state index contributed by atoms with van der Waals surface area (Å²) in [5.74, 6) is 0.661. The molecule has 18 heavy (non-hydrogen) atoms. The fourth-order valence-electron chi connectivity index (χ4n) is 2.10. The summed E-state index contributed by atoms with van der Waals surface area (Å²) in [7, 11) is 0. The van der Waals surface area contributed by atoms with Gasteiger partial charge in [0, 0.05) is 23.1 Å². The highest BCUT2D eigenvalue weighted by Crippen LogP contribution is 2.30. The van der Waals surface area contributed by atoms with Crippen molar-refractivity contribution >= 4 is 27.3 Å². The minimum absolute atomic E-state index is 0.258. The second-order valence-corrected chi connectivity index (χ2v) is 6.30. The van der Waals surface area contributed by atoms with Crippen molar-refractivity contribution in [2.45, 2.75) is 40.5 Å². The van der Waals surface area contributed by atoms with E-state index in [1.54, 1.807) is 17.7 Å². The molecule has 0 atom stereocenters. The van der Waals surface area contributed by atoms with E-state index in [9.17, 15) is 4.79 Å². The van der Waals surface area contributed by atoms with Crippen LogP contribution < -0.4 is 0 Å². The van der Waals surface area contributed by atoms with E-state index in [0.29, 0.717) is 18.8 Å². The van der Waals surface area contributed by atoms with Crippen LogP contribution in [0.5, 0.6) is 0 Å². The molecule has 2 aromatic heterocycles. The normalized spacial score (nSPS) is 11.4. The standard InChI is InChI=1S/C14H18N2OS/c1-8(2)5-11(17)6-12-13-9(3)10(4)18-14(13)16-7-15-12/h7-8H,5-6H2,1-4H3. The molecule has 0 radical (unpaired) electrons. The molecule has 0 saturated carbocycles. The average Bonchev–Trinajstić information content (AvgIpc) is 2.54. The second kappa shape index (κ2) is 5.14. The molecule has 2 aromatic rings. The van der Waals surface area contributed by atoms with Crippen LogP contribution in [-0.4, -0.2) is 15.8 Å². The number of thiophene rings is 1. The molecular weight excluding hydrogens is 244 g/mol. The van der Waals surface area contributed by atoms with Gasteiger partial charge in [-0.15, -0.1) is 11.3 Å². The molecular formula is C14H18N2OS. The summed E-state index contributed by atoms with van der Waals surface area (Å²) in [6.07, 6.45) is 2.61. The Hall–Kier alpha value is -1.29. The lowest BCUT2D eigenvalue weighted by molar-refractivity contribution is -0.119. The highest BCUT2D eigenvalue weighted by Gasteiger charge is 2.15. The molecule has 0 aliphatic heterocycles. The van der Waals surface area contributed by atoms with Crippen LogP contribution >= 0.6 is 11.3 Å². The van der Waals surface area contributed by atoms with Crippen molar-refractivity contribution in [3.05, 3.63) is 22.5 Å². The summed E-state index contributed by atoms with van der Waals surface area (Å²) < 4.78 is 0. The Morgan fingerprint density at radius 2 is 2.06 bits per heavy atom. The second-order valence-electron chi connectivity index (χ2n) is 5.10. The van der Waals surface area contributed by atoms with Gasteiger partial charge in [-0.2, -0.15) is 0 Å². The van der Waals surface area contributed by atoms with Crippen molar-refractivity contribution in [3.63, 3.8) is 0 Å². The Morgan fingerprint density at radius 3 is 2.72 bits per heavy atom. The summed E-state index contributed by atoms with van der Waals surface area (Å²) >= 11 is 1.67. The van der Waals surface area contributed by atoms with Crippen molar-refractivity contribution in [1.29, 1.82) is 0 Å². The van der Waals surface area contributed by atoms with Crippen LogP contribution in [0.3, 0.4) is 0 Å². The Bertz CT molecular complexity index is 587. The predicted molar refractivity (Wildman–Crippen MR) is 75.1 cm³/mol. The maximum absolute atomic E-state index is 11.9. The maximum Gasteiger partial charge on any atom is 0.139 e. The van der Waals surface area contributed by atoms with Gasteiger partial charge in [0.1, 0.15) is 16.9 Å². The third-order valence-electron chi connectivity index (χ3n) is 3.04. The minimum atomic E-state index is 0.258. The van der Waals surface area contributed by atoms with Gasteiger partial charge < -0.3 is 0 Å². The number of Topliss-reactive ketones (excluding diaryl/α,β-unsaturated/α-hetero) is 1. The molecule has 0 amide bonds. The smallest absolute Gasteiger partial charge is 0.139 e. The van der Waals surface area contributed by atoms with Gasteiger partial charge in [-0.05, 0) is 25.3 Å². The van der Waals surface area contributed by atoms with Crippen molar-refractivity contribution in [2.75, 3.05) is 0 Å². The number of fused-ring (bicyclic) bond motifs is 1. The van der Waals surface area contributed by atoms with Gasteiger partial charge in [-0.25, -0.2) is 9.97 Å². The first kappa shape index (κ1) is 13.1. The molecule has 3 nitrogen and oxygen atoms in total. The Labute approximate surface area is 111 Å². The summed E-state index contributed by atoms with van der Waals surface area (Å²) in [6.45, 7) is 8.29. The van der Waals surface area contributed by atoms with Crippen molar-refractivity contribution in [1.82, 2.24) is 9.97 Å². The molecule has 0 N–H and O–H groups in total. The van der Waals surface area contributed by atoms with Crippen LogP contribution in [-0.2, 0) is 11.2 Å². The number of nitrogens with zero attached hydrogens (tertiary/aromatic N) is 2. The molecule has 0 unspecified atom stereocenters. The third kappa shape index (κ3) is 2.58. The van der Waals surface area contributed by atoms with Crippen LogP contribution in [0, 0.1) is 19.8 Å². The van der Waals surface area contributed by atoms with Gasteiger partial charge in [0.25, 0.3) is 0 Å². The average molecular weight is 262 g/mol. The van der Waals surface area contributed by atoms with E-state index in [2.05, 4.69) is 37.7 Å². The molecule has 0 spiro atoms. The van der Waals surface area contributed by atoms with Gasteiger partial charge in [0.2, 0.25) is 0 Å². The first-order chi connectivity index (χ1) is 8.49. The van der Waals surface area contributed by atoms with E-state index in [0.717, 1.165) is 15.9 Å². The third-order valence-corrected chi connectivity index (χ3v) is 4.16. The number of hydrogen-bond acceptors (Lipinski definition) is 4. The van der Waals surface area contributed by atoms with Gasteiger partial charge in [0.15, 0.2) is 0 Å². The zero-order valence-electron chi connectivity index (χ0n) is 11.3. The van der Waals surface area contributed by atoms with Crippen molar-refractivity contribution in [3.8, 4) is 0 Å². The predicted octanol–water partition coefficient (Wildman–Crippen LogP) is 3.47. The lowest BCUT2D eigenvalue weighted by Crippen LogP contribution is -2.08. The lowest BCUT2D eigenvalue weighted by Gasteiger charge is -2.05. The van der Waals surface area contributed by atoms with Crippen LogP contribution in [0.2, 0.25) is 0 Å². The first-order valence-corrected chi connectivity index (χ1v) is 7.02. The Balaban J connectivity index is 2.36. The van der Waals surface area contributed by atoms with Gasteiger partial charge in [-0.1, -0.05) is 13.8 Å². The zero-order chi connectivity index (χ0) is 13.3. The molecule has 2 rings (SSSR count). The number of carbonyl (C=O) groups excluding carboxylic acids is 1. The zero-order valence-corrected chi connectivity index (χ0v) is 12.1. The Morgan fingerprint density at radius 1 is 1.33 bits per heavy atom. The maximum atomic E-state index is 11.9. The van der Waals surface area contributed by atoms with E-state index in [1.807, 2.05) is 0 Å². The molecule has 0 aliphatic carbocycles. The molecule has 0 saturated heterocycles. The fraction of sp³-hybridized carbons (Fsp3) is 0.500. The Kier molecular flexibility index (Phi) is 3.76. The number of carbonyl (C=O) groups is 1. The molecule has 0 fully saturated rings. The summed E-state index contributed by atoms with van der Waals surface area (Å²) in [5, 5.41) is 1.08. The van der Waals surface area contributed by atoms with Crippen LogP contribution in [0.4, 0.5) is 0 Å². The monoisotopic (exact) mass is 262 g/mol. The van der Waals surface area contributed by atoms with Gasteiger partial charge >= 0.3 is 0 Å². The molecule has 96 valence electrons. The largest absolute Gasteiger partial charge is 0.299 e. The van der Waals surface area contributed by atoms with E-state index in [4.69, 9.17) is 0 Å². The lowest BCUT2D eigenvalue weighted by atomic mass is 10.0. The number of ketones is 1. The minimum Gasteiger partial charge on any atom is -0.299 e. The van der Waals surface area contributed by atoms with Crippen molar-refractivity contribution in [2.24, 2.45) is 5.92 Å². The highest BCUT2D eigenvalue weighted by atomic mass is 32.1. The number of aromatic nitrogens is 2. The molecule has 0 aliphatic rings. The SMILES string of the molecule is Cc1sc2ncnc(CC(=O)CC(C)C)c2c1C. The van der Waals surface area contributed by atoms with Gasteiger partial charge in [0.05, 0.1) is 5.69 Å². The number of hydrogen-bond donors (Lipinski definition) is 0. The fourth-order valence-corrected chi connectivity index (χ4v) is 3.12. The van der Waals surface area contributed by atoms with E-state index in [-0.39, 0.29) is 5.78 Å². The molecule has 4 heteroatoms. The first-order valence-electron chi connectivity index (χ1n) is 6.20. The van der Waals surface area contributed by atoms with E-state index >= 15 is 0 Å². The summed E-state index contributed by atoms with van der Waals surface area (Å²) in [4.78, 5) is 22.8. The number of aryl methyl sites for hydroxylation is 2. The number of rotatable bonds is 4. The quantitative estimate of drug-likeness (QED) is 0.847.